The number of rotatable bonds is 14. The Balaban J connectivity index is 4.37. The van der Waals surface area contributed by atoms with Crippen molar-refractivity contribution in [3.63, 3.8) is 0 Å². The van der Waals surface area contributed by atoms with Crippen molar-refractivity contribution >= 4 is 6.16 Å². The first-order valence-electron chi connectivity index (χ1n) is 8.96. The maximum atomic E-state index is 10.4. The van der Waals surface area contributed by atoms with Crippen LogP contribution >= 0.6 is 0 Å². The quantitative estimate of drug-likeness (QED) is 0.298. The monoisotopic (exact) mass is 300 g/mol. The van der Waals surface area contributed by atoms with E-state index in [1.165, 1.54) is 64.2 Å². The highest BCUT2D eigenvalue weighted by Crippen LogP contribution is 2.41. The van der Waals surface area contributed by atoms with Crippen LogP contribution < -0.4 is 0 Å². The van der Waals surface area contributed by atoms with Gasteiger partial charge in [0.25, 0.3) is 0 Å². The molecule has 0 aromatic carbocycles. The lowest BCUT2D eigenvalue weighted by Gasteiger charge is -2.35. The summed E-state index contributed by atoms with van der Waals surface area (Å²) in [6.45, 7) is 7.15. The lowest BCUT2D eigenvalue weighted by atomic mass is 9.71. The second-order valence-corrected chi connectivity index (χ2v) is 6.38. The van der Waals surface area contributed by atoms with E-state index in [0.29, 0.717) is 12.0 Å². The molecule has 0 saturated carbocycles. The van der Waals surface area contributed by atoms with Crippen molar-refractivity contribution < 1.29 is 14.6 Å². The molecule has 0 spiro atoms. The fourth-order valence-corrected chi connectivity index (χ4v) is 3.17. The molecular formula is C18H36O3. The molecule has 21 heavy (non-hydrogen) atoms. The van der Waals surface area contributed by atoms with E-state index in [4.69, 9.17) is 5.11 Å². The minimum atomic E-state index is -1.15. The number of carboxylic acid groups (broad SMARTS) is 1. The fourth-order valence-electron chi connectivity index (χ4n) is 3.17. The Bertz CT molecular complexity index is 229. The van der Waals surface area contributed by atoms with Crippen LogP contribution in [0.25, 0.3) is 0 Å². The molecule has 1 N–H and O–H groups in total. The zero-order valence-electron chi connectivity index (χ0n) is 14.5. The molecule has 126 valence electrons. The first kappa shape index (κ1) is 20.3. The molecule has 0 aliphatic carbocycles. The van der Waals surface area contributed by atoms with Gasteiger partial charge in [0.15, 0.2) is 0 Å². The van der Waals surface area contributed by atoms with E-state index in [2.05, 4.69) is 25.5 Å². The van der Waals surface area contributed by atoms with Crippen LogP contribution in [0.5, 0.6) is 0 Å². The molecule has 0 heterocycles. The van der Waals surface area contributed by atoms with Crippen LogP contribution in [0.15, 0.2) is 0 Å². The zero-order chi connectivity index (χ0) is 16.0. The lowest BCUT2D eigenvalue weighted by molar-refractivity contribution is 0.0876. The predicted octanol–water partition coefficient (Wildman–Crippen LogP) is 6.41. The van der Waals surface area contributed by atoms with Gasteiger partial charge in [-0.2, -0.15) is 0 Å². The van der Waals surface area contributed by atoms with Crippen molar-refractivity contribution in [2.75, 3.05) is 6.61 Å². The predicted molar refractivity (Wildman–Crippen MR) is 88.8 cm³/mol. The molecule has 0 radical (unpaired) electrons. The molecule has 3 nitrogen and oxygen atoms in total. The number of unbranched alkanes of at least 4 members (excludes halogenated alkanes) is 4. The fraction of sp³-hybridized carbons (Fsp3) is 0.944. The van der Waals surface area contributed by atoms with Gasteiger partial charge in [0.2, 0.25) is 0 Å². The molecule has 0 aromatic rings. The number of carbonyl (C=O) groups is 1. The van der Waals surface area contributed by atoms with Gasteiger partial charge in [0, 0.05) is 0 Å². The van der Waals surface area contributed by atoms with Crippen LogP contribution in [0.1, 0.15) is 97.8 Å². The summed E-state index contributed by atoms with van der Waals surface area (Å²) >= 11 is 0. The summed E-state index contributed by atoms with van der Waals surface area (Å²) < 4.78 is 4.62. The number of ether oxygens (including phenoxy) is 1. The van der Waals surface area contributed by atoms with Crippen LogP contribution in [0, 0.1) is 5.41 Å². The summed E-state index contributed by atoms with van der Waals surface area (Å²) in [6.07, 6.45) is 13.8. The lowest BCUT2D eigenvalue weighted by Crippen LogP contribution is -2.21. The molecule has 0 unspecified atom stereocenters. The molecule has 0 fully saturated rings. The van der Waals surface area contributed by atoms with Crippen molar-refractivity contribution in [3.8, 4) is 0 Å². The second kappa shape index (κ2) is 13.0. The van der Waals surface area contributed by atoms with Crippen molar-refractivity contribution in [2.24, 2.45) is 5.41 Å². The van der Waals surface area contributed by atoms with E-state index >= 15 is 0 Å². The standard InChI is InChI=1S/C18H36O3/c1-4-7-12-18(13-8-5-2,14-9-6-3)15-10-11-16-21-17(19)20/h4-16H2,1-3H3,(H,19,20). The number of hydrogen-bond donors (Lipinski definition) is 1. The summed E-state index contributed by atoms with van der Waals surface area (Å²) in [4.78, 5) is 10.4. The van der Waals surface area contributed by atoms with Gasteiger partial charge in [0.1, 0.15) is 0 Å². The van der Waals surface area contributed by atoms with E-state index in [1.54, 1.807) is 0 Å². The van der Waals surface area contributed by atoms with E-state index < -0.39 is 6.16 Å². The van der Waals surface area contributed by atoms with Crippen LogP contribution in [0.3, 0.4) is 0 Å². The molecule has 0 aromatic heterocycles. The van der Waals surface area contributed by atoms with Gasteiger partial charge in [-0.1, -0.05) is 59.3 Å². The Hall–Kier alpha value is -0.730. The molecular weight excluding hydrogens is 264 g/mol. The largest absolute Gasteiger partial charge is 0.505 e. The Morgan fingerprint density at radius 2 is 1.24 bits per heavy atom. The summed E-state index contributed by atoms with van der Waals surface area (Å²) in [5.41, 5.74) is 0.491. The smallest absolute Gasteiger partial charge is 0.450 e. The van der Waals surface area contributed by atoms with Crippen LogP contribution in [0.4, 0.5) is 4.79 Å². The van der Waals surface area contributed by atoms with Crippen molar-refractivity contribution in [1.82, 2.24) is 0 Å². The first-order chi connectivity index (χ1) is 10.1. The summed E-state index contributed by atoms with van der Waals surface area (Å²) in [5, 5.41) is 8.50. The topological polar surface area (TPSA) is 46.5 Å². The van der Waals surface area contributed by atoms with Crippen molar-refractivity contribution in [1.29, 1.82) is 0 Å². The second-order valence-electron chi connectivity index (χ2n) is 6.38. The third-order valence-corrected chi connectivity index (χ3v) is 4.51. The van der Waals surface area contributed by atoms with Crippen LogP contribution in [-0.4, -0.2) is 17.9 Å². The van der Waals surface area contributed by atoms with Crippen LogP contribution in [0.2, 0.25) is 0 Å². The average molecular weight is 300 g/mol. The van der Waals surface area contributed by atoms with Gasteiger partial charge < -0.3 is 9.84 Å². The Morgan fingerprint density at radius 3 is 1.62 bits per heavy atom. The van der Waals surface area contributed by atoms with E-state index in [0.717, 1.165) is 12.8 Å². The zero-order valence-corrected chi connectivity index (χ0v) is 14.5. The number of hydrogen-bond acceptors (Lipinski definition) is 2. The minimum Gasteiger partial charge on any atom is -0.450 e. The van der Waals surface area contributed by atoms with Gasteiger partial charge in [-0.25, -0.2) is 4.79 Å². The summed E-state index contributed by atoms with van der Waals surface area (Å²) in [7, 11) is 0. The molecule has 0 aliphatic rings. The maximum Gasteiger partial charge on any atom is 0.505 e. The van der Waals surface area contributed by atoms with Gasteiger partial charge in [-0.05, 0) is 43.9 Å². The van der Waals surface area contributed by atoms with E-state index in [9.17, 15) is 4.79 Å². The Morgan fingerprint density at radius 1 is 0.810 bits per heavy atom. The average Bonchev–Trinajstić information content (AvgIpc) is 2.47. The molecule has 0 saturated heterocycles. The molecule has 0 aliphatic heterocycles. The van der Waals surface area contributed by atoms with Gasteiger partial charge in [-0.15, -0.1) is 0 Å². The first-order valence-corrected chi connectivity index (χ1v) is 8.96. The van der Waals surface area contributed by atoms with Gasteiger partial charge >= 0.3 is 6.16 Å². The van der Waals surface area contributed by atoms with E-state index in [1.807, 2.05) is 0 Å². The Labute approximate surface area is 131 Å². The normalized spacial score (nSPS) is 11.6. The Kier molecular flexibility index (Phi) is 12.5. The highest BCUT2D eigenvalue weighted by molar-refractivity contribution is 5.56. The van der Waals surface area contributed by atoms with Crippen molar-refractivity contribution in [2.45, 2.75) is 97.8 Å². The maximum absolute atomic E-state index is 10.4. The molecule has 3 heteroatoms. The summed E-state index contributed by atoms with van der Waals surface area (Å²) in [6, 6.07) is 0. The minimum absolute atomic E-state index is 0.348. The van der Waals surface area contributed by atoms with Gasteiger partial charge in [-0.3, -0.25) is 0 Å². The molecule has 0 amide bonds. The third-order valence-electron chi connectivity index (χ3n) is 4.51. The van der Waals surface area contributed by atoms with E-state index in [-0.39, 0.29) is 0 Å². The molecule has 0 atom stereocenters. The molecule has 0 bridgehead atoms. The van der Waals surface area contributed by atoms with Crippen molar-refractivity contribution in [3.05, 3.63) is 0 Å². The highest BCUT2D eigenvalue weighted by Gasteiger charge is 2.27. The molecule has 0 rings (SSSR count). The summed E-state index contributed by atoms with van der Waals surface area (Å²) in [5.74, 6) is 0. The highest BCUT2D eigenvalue weighted by atomic mass is 16.7. The SMILES string of the molecule is CCCCC(CCCC)(CCCC)CCCCOC(=O)O. The van der Waals surface area contributed by atoms with Gasteiger partial charge in [0.05, 0.1) is 6.61 Å². The van der Waals surface area contributed by atoms with Crippen LogP contribution in [-0.2, 0) is 4.74 Å². The third kappa shape index (κ3) is 10.6.